The van der Waals surface area contributed by atoms with Crippen LogP contribution in [-0.4, -0.2) is 0 Å². The average Bonchev–Trinajstić information content (AvgIpc) is 1.89. The molecule has 0 aliphatic carbocycles. The van der Waals surface area contributed by atoms with Gasteiger partial charge in [0.05, 0.1) is 0 Å². The maximum Gasteiger partial charge on any atom is -0.0348 e. The number of unbranched alkanes of at least 4 members (excludes halogenated alkanes) is 3. The van der Waals surface area contributed by atoms with Crippen molar-refractivity contribution in [3.63, 3.8) is 0 Å². The lowest BCUT2D eigenvalue weighted by atomic mass is 10.2. The third kappa shape index (κ3) is 7.48. The summed E-state index contributed by atoms with van der Waals surface area (Å²) in [7, 11) is 0. The quantitative estimate of drug-likeness (QED) is 0.389. The summed E-state index contributed by atoms with van der Waals surface area (Å²) in [6.07, 6.45) is 10.7. The molecular weight excluding hydrogens is 108 g/mol. The Kier molecular flexibility index (Phi) is 7.05. The summed E-state index contributed by atoms with van der Waals surface area (Å²) in [5.74, 6) is 0. The van der Waals surface area contributed by atoms with E-state index in [-0.39, 0.29) is 0 Å². The second-order valence-corrected chi connectivity index (χ2v) is 2.12. The maximum absolute atomic E-state index is 5.13. The molecule has 0 aromatic carbocycles. The second kappa shape index (κ2) is 7.48. The highest BCUT2D eigenvalue weighted by atomic mass is 13.8. The van der Waals surface area contributed by atoms with Crippen LogP contribution >= 0.6 is 0 Å². The van der Waals surface area contributed by atoms with E-state index in [1.54, 1.807) is 6.08 Å². The highest BCUT2D eigenvalue weighted by Crippen LogP contribution is 1.98. The van der Waals surface area contributed by atoms with Crippen molar-refractivity contribution in [3.8, 4) is 0 Å². The van der Waals surface area contributed by atoms with Gasteiger partial charge >= 0.3 is 0 Å². The number of hydrogen-bond acceptors (Lipinski definition) is 0. The fourth-order valence-corrected chi connectivity index (χ4v) is 0.687. The van der Waals surface area contributed by atoms with Gasteiger partial charge in [0.15, 0.2) is 0 Å². The van der Waals surface area contributed by atoms with Crippen LogP contribution < -0.4 is 0 Å². The molecule has 0 saturated heterocycles. The first kappa shape index (κ1) is 8.48. The standard InChI is InChI=1S/C9H15/c1-3-5-7-9-8-6-4-2/h1,3,5,7H,4,6,8-9H2,2H3/b3-1?,7-5+. The van der Waals surface area contributed by atoms with Crippen molar-refractivity contribution in [3.05, 3.63) is 24.8 Å². The first-order chi connectivity index (χ1) is 4.41. The van der Waals surface area contributed by atoms with Crippen molar-refractivity contribution in [2.24, 2.45) is 0 Å². The number of allylic oxidation sites excluding steroid dienone is 3. The fraction of sp³-hybridized carbons (Fsp3) is 0.556. The molecule has 0 N–H and O–H groups in total. The third-order valence-corrected chi connectivity index (χ3v) is 1.22. The van der Waals surface area contributed by atoms with Crippen LogP contribution in [0.4, 0.5) is 0 Å². The topological polar surface area (TPSA) is 0 Å². The molecule has 0 bridgehead atoms. The Morgan fingerprint density at radius 2 is 2.11 bits per heavy atom. The molecule has 0 aliphatic heterocycles. The summed E-state index contributed by atoms with van der Waals surface area (Å²) in [6.45, 7) is 7.34. The molecule has 51 valence electrons. The minimum atomic E-state index is 1.17. The van der Waals surface area contributed by atoms with E-state index in [2.05, 4.69) is 13.0 Å². The zero-order valence-electron chi connectivity index (χ0n) is 6.14. The smallest absolute Gasteiger partial charge is 0.0348 e. The minimum absolute atomic E-state index is 1.17. The van der Waals surface area contributed by atoms with E-state index in [1.807, 2.05) is 6.08 Å². The summed E-state index contributed by atoms with van der Waals surface area (Å²) < 4.78 is 0. The predicted octanol–water partition coefficient (Wildman–Crippen LogP) is 3.11. The highest BCUT2D eigenvalue weighted by molar-refractivity contribution is 4.95. The molecule has 0 aromatic rings. The molecule has 0 unspecified atom stereocenters. The first-order valence-electron chi connectivity index (χ1n) is 3.62. The van der Waals surface area contributed by atoms with Crippen LogP contribution in [0.25, 0.3) is 0 Å². The number of hydrogen-bond donors (Lipinski definition) is 0. The van der Waals surface area contributed by atoms with Crippen LogP contribution in [0.2, 0.25) is 0 Å². The largest absolute Gasteiger partial charge is 0.0845 e. The van der Waals surface area contributed by atoms with Crippen LogP contribution in [-0.2, 0) is 0 Å². The van der Waals surface area contributed by atoms with Crippen molar-refractivity contribution in [1.82, 2.24) is 0 Å². The van der Waals surface area contributed by atoms with Gasteiger partial charge in [0.2, 0.25) is 0 Å². The molecule has 0 amide bonds. The molecular formula is C9H15. The Balaban J connectivity index is 2.90. The Morgan fingerprint density at radius 3 is 2.67 bits per heavy atom. The van der Waals surface area contributed by atoms with Crippen LogP contribution in [0.5, 0.6) is 0 Å². The first-order valence-corrected chi connectivity index (χ1v) is 3.62. The summed E-state index contributed by atoms with van der Waals surface area (Å²) in [5.41, 5.74) is 0. The summed E-state index contributed by atoms with van der Waals surface area (Å²) in [5, 5.41) is 0. The predicted molar refractivity (Wildman–Crippen MR) is 42.2 cm³/mol. The van der Waals surface area contributed by atoms with Crippen LogP contribution in [0.15, 0.2) is 18.2 Å². The molecule has 0 aromatic heterocycles. The molecule has 0 atom stereocenters. The van der Waals surface area contributed by atoms with Crippen LogP contribution in [0.3, 0.4) is 0 Å². The van der Waals surface area contributed by atoms with Crippen molar-refractivity contribution < 1.29 is 0 Å². The Morgan fingerprint density at radius 1 is 1.33 bits per heavy atom. The molecule has 0 spiro atoms. The van der Waals surface area contributed by atoms with Gasteiger partial charge in [-0.3, -0.25) is 0 Å². The van der Waals surface area contributed by atoms with E-state index in [4.69, 9.17) is 6.58 Å². The molecule has 1 radical (unpaired) electrons. The lowest BCUT2D eigenvalue weighted by Gasteiger charge is -1.89. The van der Waals surface area contributed by atoms with E-state index in [9.17, 15) is 0 Å². The molecule has 0 fully saturated rings. The molecule has 0 aliphatic rings. The van der Waals surface area contributed by atoms with Crippen molar-refractivity contribution >= 4 is 0 Å². The summed E-state index contributed by atoms with van der Waals surface area (Å²) in [4.78, 5) is 0. The summed E-state index contributed by atoms with van der Waals surface area (Å²) >= 11 is 0. The second-order valence-electron chi connectivity index (χ2n) is 2.12. The summed E-state index contributed by atoms with van der Waals surface area (Å²) in [6, 6.07) is 0. The molecule has 0 heterocycles. The molecule has 0 saturated carbocycles. The van der Waals surface area contributed by atoms with Crippen LogP contribution in [0, 0.1) is 6.58 Å². The van der Waals surface area contributed by atoms with Gasteiger partial charge < -0.3 is 0 Å². The lowest BCUT2D eigenvalue weighted by molar-refractivity contribution is 0.729. The van der Waals surface area contributed by atoms with Gasteiger partial charge in [-0.05, 0) is 12.8 Å². The number of rotatable bonds is 5. The monoisotopic (exact) mass is 123 g/mol. The van der Waals surface area contributed by atoms with Gasteiger partial charge in [-0.15, -0.1) is 0 Å². The molecule has 0 nitrogen and oxygen atoms in total. The van der Waals surface area contributed by atoms with Gasteiger partial charge in [0, 0.05) is 0 Å². The zero-order chi connectivity index (χ0) is 6.95. The normalized spacial score (nSPS) is 10.3. The van der Waals surface area contributed by atoms with Crippen LogP contribution in [0.1, 0.15) is 32.6 Å². The fourth-order valence-electron chi connectivity index (χ4n) is 0.687. The van der Waals surface area contributed by atoms with Crippen molar-refractivity contribution in [2.75, 3.05) is 0 Å². The van der Waals surface area contributed by atoms with Gasteiger partial charge in [0.1, 0.15) is 0 Å². The molecule has 0 rings (SSSR count). The van der Waals surface area contributed by atoms with Gasteiger partial charge in [-0.1, -0.05) is 44.6 Å². The van der Waals surface area contributed by atoms with E-state index in [0.29, 0.717) is 0 Å². The third-order valence-electron chi connectivity index (χ3n) is 1.22. The Labute approximate surface area is 58.3 Å². The zero-order valence-corrected chi connectivity index (χ0v) is 6.14. The molecule has 0 heteroatoms. The van der Waals surface area contributed by atoms with Crippen molar-refractivity contribution in [1.29, 1.82) is 0 Å². The Bertz CT molecular complexity index is 80.0. The van der Waals surface area contributed by atoms with Gasteiger partial charge in [0.25, 0.3) is 0 Å². The maximum atomic E-state index is 5.13. The van der Waals surface area contributed by atoms with Gasteiger partial charge in [-0.25, -0.2) is 0 Å². The Hall–Kier alpha value is -0.520. The molecule has 9 heavy (non-hydrogen) atoms. The SMILES string of the molecule is [CH]=C/C=C/CCCCC. The minimum Gasteiger partial charge on any atom is -0.0845 e. The van der Waals surface area contributed by atoms with E-state index < -0.39 is 0 Å². The highest BCUT2D eigenvalue weighted by Gasteiger charge is 1.78. The van der Waals surface area contributed by atoms with E-state index in [0.717, 1.165) is 0 Å². The van der Waals surface area contributed by atoms with Gasteiger partial charge in [-0.2, -0.15) is 0 Å². The van der Waals surface area contributed by atoms with Crippen molar-refractivity contribution in [2.45, 2.75) is 32.6 Å². The van der Waals surface area contributed by atoms with E-state index >= 15 is 0 Å². The lowest BCUT2D eigenvalue weighted by Crippen LogP contribution is -1.69. The van der Waals surface area contributed by atoms with E-state index in [1.165, 1.54) is 25.7 Å². The average molecular weight is 123 g/mol.